The summed E-state index contributed by atoms with van der Waals surface area (Å²) in [5.41, 5.74) is -3.73. The molecule has 0 aliphatic rings. The van der Waals surface area contributed by atoms with Gasteiger partial charge in [-0.15, -0.1) is 0 Å². The number of carboxylic acid groups (broad SMARTS) is 1. The van der Waals surface area contributed by atoms with Crippen molar-refractivity contribution in [3.63, 3.8) is 0 Å². The molecule has 0 heterocycles. The SMILES string of the molecule is O=C(O)/C=C/c1cc(Br)c(C(F)(F)F)cc1C(F)(F)F. The number of rotatable bonds is 2. The molecular weight excluding hydrogens is 358 g/mol. The second kappa shape index (κ2) is 5.47. The summed E-state index contributed by atoms with van der Waals surface area (Å²) in [4.78, 5) is 10.3. The Morgan fingerprint density at radius 2 is 1.55 bits per heavy atom. The van der Waals surface area contributed by atoms with Crippen LogP contribution in [0.4, 0.5) is 26.3 Å². The van der Waals surface area contributed by atoms with Gasteiger partial charge >= 0.3 is 18.3 Å². The third-order valence-corrected chi connectivity index (χ3v) is 2.81. The van der Waals surface area contributed by atoms with Gasteiger partial charge in [0.15, 0.2) is 0 Å². The molecule has 0 aliphatic carbocycles. The fourth-order valence-electron chi connectivity index (χ4n) is 1.35. The Bertz CT molecular complexity index is 559. The summed E-state index contributed by atoms with van der Waals surface area (Å²) in [5, 5.41) is 8.36. The van der Waals surface area contributed by atoms with Crippen molar-refractivity contribution in [2.24, 2.45) is 0 Å². The zero-order valence-corrected chi connectivity index (χ0v) is 10.9. The number of carbonyl (C=O) groups is 1. The maximum Gasteiger partial charge on any atom is 0.417 e. The summed E-state index contributed by atoms with van der Waals surface area (Å²) in [7, 11) is 0. The Hall–Kier alpha value is -1.51. The highest BCUT2D eigenvalue weighted by Gasteiger charge is 2.39. The molecule has 1 aromatic rings. The molecule has 0 bridgehead atoms. The van der Waals surface area contributed by atoms with Crippen LogP contribution in [0.3, 0.4) is 0 Å². The molecule has 9 heteroatoms. The molecule has 0 aromatic heterocycles. The summed E-state index contributed by atoms with van der Waals surface area (Å²) in [6.45, 7) is 0. The van der Waals surface area contributed by atoms with Crippen LogP contribution < -0.4 is 0 Å². The van der Waals surface area contributed by atoms with Crippen molar-refractivity contribution in [3.05, 3.63) is 39.4 Å². The van der Waals surface area contributed by atoms with E-state index in [1.807, 2.05) is 0 Å². The van der Waals surface area contributed by atoms with Gasteiger partial charge in [-0.05, 0) is 23.8 Å². The van der Waals surface area contributed by atoms with Crippen LogP contribution in [0.5, 0.6) is 0 Å². The second-order valence-electron chi connectivity index (χ2n) is 3.59. The minimum Gasteiger partial charge on any atom is -0.478 e. The van der Waals surface area contributed by atoms with Gasteiger partial charge in [-0.2, -0.15) is 26.3 Å². The Kier molecular flexibility index (Phi) is 4.52. The van der Waals surface area contributed by atoms with E-state index in [2.05, 4.69) is 15.9 Å². The van der Waals surface area contributed by atoms with Crippen molar-refractivity contribution in [1.29, 1.82) is 0 Å². The van der Waals surface area contributed by atoms with E-state index < -0.39 is 39.5 Å². The van der Waals surface area contributed by atoms with Gasteiger partial charge in [-0.25, -0.2) is 4.79 Å². The number of alkyl halides is 6. The molecule has 0 saturated carbocycles. The van der Waals surface area contributed by atoms with Crippen LogP contribution >= 0.6 is 15.9 Å². The van der Waals surface area contributed by atoms with Gasteiger partial charge < -0.3 is 5.11 Å². The molecule has 0 atom stereocenters. The first-order valence-electron chi connectivity index (χ1n) is 4.82. The van der Waals surface area contributed by atoms with Gasteiger partial charge in [-0.3, -0.25) is 0 Å². The van der Waals surface area contributed by atoms with Gasteiger partial charge in [0.05, 0.1) is 11.1 Å². The quantitative estimate of drug-likeness (QED) is 0.617. The van der Waals surface area contributed by atoms with E-state index in [-0.39, 0.29) is 6.07 Å². The van der Waals surface area contributed by atoms with Gasteiger partial charge in [-0.1, -0.05) is 15.9 Å². The molecular formula is C11H5BrF6O2. The lowest BCUT2D eigenvalue weighted by Crippen LogP contribution is -2.13. The Labute approximate surface area is 116 Å². The molecule has 0 saturated heterocycles. The lowest BCUT2D eigenvalue weighted by molar-refractivity contribution is -0.143. The van der Waals surface area contributed by atoms with Gasteiger partial charge in [0.2, 0.25) is 0 Å². The van der Waals surface area contributed by atoms with Crippen LogP contribution in [0.25, 0.3) is 6.08 Å². The lowest BCUT2D eigenvalue weighted by atomic mass is 10.0. The fourth-order valence-corrected chi connectivity index (χ4v) is 1.94. The van der Waals surface area contributed by atoms with Crippen LogP contribution in [-0.4, -0.2) is 11.1 Å². The first-order valence-corrected chi connectivity index (χ1v) is 5.61. The highest BCUT2D eigenvalue weighted by molar-refractivity contribution is 9.10. The van der Waals surface area contributed by atoms with Crippen LogP contribution in [0.1, 0.15) is 16.7 Å². The first kappa shape index (κ1) is 16.5. The number of halogens is 7. The third kappa shape index (κ3) is 3.99. The van der Waals surface area contributed by atoms with Crippen molar-refractivity contribution in [2.75, 3.05) is 0 Å². The average molecular weight is 363 g/mol. The molecule has 0 aliphatic heterocycles. The molecule has 0 unspecified atom stereocenters. The number of aliphatic carboxylic acids is 1. The molecule has 1 N–H and O–H groups in total. The second-order valence-corrected chi connectivity index (χ2v) is 4.44. The topological polar surface area (TPSA) is 37.3 Å². The molecule has 110 valence electrons. The van der Waals surface area contributed by atoms with E-state index in [1.165, 1.54) is 0 Å². The van der Waals surface area contributed by atoms with E-state index in [4.69, 9.17) is 5.11 Å². The Balaban J connectivity index is 3.54. The molecule has 0 amide bonds. The maximum atomic E-state index is 12.7. The zero-order valence-electron chi connectivity index (χ0n) is 9.31. The summed E-state index contributed by atoms with van der Waals surface area (Å²) in [5.74, 6) is -1.52. The molecule has 0 fully saturated rings. The fraction of sp³-hybridized carbons (Fsp3) is 0.182. The number of benzene rings is 1. The molecule has 20 heavy (non-hydrogen) atoms. The Morgan fingerprint density at radius 3 is 1.95 bits per heavy atom. The number of carboxylic acids is 1. The third-order valence-electron chi connectivity index (χ3n) is 2.16. The summed E-state index contributed by atoms with van der Waals surface area (Å²) in [6.07, 6.45) is -9.02. The van der Waals surface area contributed by atoms with E-state index in [0.717, 1.165) is 0 Å². The largest absolute Gasteiger partial charge is 0.478 e. The Morgan fingerprint density at radius 1 is 1.05 bits per heavy atom. The monoisotopic (exact) mass is 362 g/mol. The molecule has 1 rings (SSSR count). The minimum absolute atomic E-state index is 0.0639. The number of hydrogen-bond acceptors (Lipinski definition) is 1. The van der Waals surface area contributed by atoms with Crippen molar-refractivity contribution < 1.29 is 36.2 Å². The van der Waals surface area contributed by atoms with Crippen LogP contribution in [0.15, 0.2) is 22.7 Å². The molecule has 2 nitrogen and oxygen atoms in total. The van der Waals surface area contributed by atoms with Crippen molar-refractivity contribution in [3.8, 4) is 0 Å². The standard InChI is InChI=1S/C11H5BrF6O2/c12-8-3-5(1-2-9(19)20)6(10(13,14)15)4-7(8)11(16,17)18/h1-4H,(H,19,20)/b2-1+. The van der Waals surface area contributed by atoms with Crippen molar-refractivity contribution in [1.82, 2.24) is 0 Å². The predicted octanol–water partition coefficient (Wildman–Crippen LogP) is 4.58. The number of hydrogen-bond donors (Lipinski definition) is 1. The van der Waals surface area contributed by atoms with Gasteiger partial charge in [0.25, 0.3) is 0 Å². The molecule has 0 spiro atoms. The van der Waals surface area contributed by atoms with Crippen LogP contribution in [0.2, 0.25) is 0 Å². The molecule has 0 radical (unpaired) electrons. The molecule has 1 aromatic carbocycles. The first-order chi connectivity index (χ1) is 8.93. The summed E-state index contributed by atoms with van der Waals surface area (Å²) < 4.78 is 75.2. The van der Waals surface area contributed by atoms with E-state index in [1.54, 1.807) is 0 Å². The van der Waals surface area contributed by atoms with E-state index in [9.17, 15) is 31.1 Å². The highest BCUT2D eigenvalue weighted by atomic mass is 79.9. The van der Waals surface area contributed by atoms with E-state index in [0.29, 0.717) is 18.2 Å². The average Bonchev–Trinajstić information content (AvgIpc) is 2.22. The normalized spacial score (nSPS) is 12.9. The highest BCUT2D eigenvalue weighted by Crippen LogP contribution is 2.41. The van der Waals surface area contributed by atoms with Crippen LogP contribution in [-0.2, 0) is 17.1 Å². The summed E-state index contributed by atoms with van der Waals surface area (Å²) in [6, 6.07) is 0.511. The van der Waals surface area contributed by atoms with Crippen molar-refractivity contribution in [2.45, 2.75) is 12.4 Å². The lowest BCUT2D eigenvalue weighted by Gasteiger charge is -2.15. The maximum absolute atomic E-state index is 12.7. The zero-order chi connectivity index (χ0) is 15.7. The van der Waals surface area contributed by atoms with Gasteiger partial charge in [0, 0.05) is 10.5 Å². The smallest absolute Gasteiger partial charge is 0.417 e. The predicted molar refractivity (Wildman–Crippen MR) is 60.8 cm³/mol. The van der Waals surface area contributed by atoms with Gasteiger partial charge in [0.1, 0.15) is 0 Å². The van der Waals surface area contributed by atoms with Crippen molar-refractivity contribution >= 4 is 28.0 Å². The minimum atomic E-state index is -5.04. The van der Waals surface area contributed by atoms with Crippen LogP contribution in [0, 0.1) is 0 Å². The van der Waals surface area contributed by atoms with E-state index >= 15 is 0 Å². The summed E-state index contributed by atoms with van der Waals surface area (Å²) >= 11 is 2.52.